The zero-order chi connectivity index (χ0) is 13.9. The molecule has 108 valence electrons. The van der Waals surface area contributed by atoms with Crippen LogP contribution in [0.1, 0.15) is 33.1 Å². The molecule has 1 fully saturated rings. The summed E-state index contributed by atoms with van der Waals surface area (Å²) in [7, 11) is -3.42. The summed E-state index contributed by atoms with van der Waals surface area (Å²) in [6.45, 7) is 5.43. The number of piperidine rings is 1. The second-order valence-electron chi connectivity index (χ2n) is 5.26. The van der Waals surface area contributed by atoms with Gasteiger partial charge in [-0.2, -0.15) is 9.40 Å². The molecule has 0 amide bonds. The number of sulfonamides is 1. The second-order valence-corrected chi connectivity index (χ2v) is 7.15. The number of hydrogen-bond acceptors (Lipinski definition) is 4. The molecule has 0 saturated carbocycles. The number of rotatable bonds is 5. The molecule has 1 saturated heterocycles. The van der Waals surface area contributed by atoms with Gasteiger partial charge in [0.25, 0.3) is 0 Å². The Hall–Kier alpha value is -0.920. The molecule has 1 unspecified atom stereocenters. The van der Waals surface area contributed by atoms with Gasteiger partial charge in [0.2, 0.25) is 10.0 Å². The molecule has 0 aromatic carbocycles. The van der Waals surface area contributed by atoms with E-state index in [0.717, 1.165) is 19.3 Å². The van der Waals surface area contributed by atoms with Crippen LogP contribution >= 0.6 is 0 Å². The number of aromatic nitrogens is 2. The van der Waals surface area contributed by atoms with Crippen LogP contribution in [0.15, 0.2) is 17.3 Å². The summed E-state index contributed by atoms with van der Waals surface area (Å²) >= 11 is 0. The molecular formula is C12H22N4O2S. The van der Waals surface area contributed by atoms with E-state index >= 15 is 0 Å². The molecule has 0 radical (unpaired) electrons. The zero-order valence-corrected chi connectivity index (χ0v) is 12.3. The van der Waals surface area contributed by atoms with Crippen molar-refractivity contribution in [3.8, 4) is 0 Å². The third-order valence-corrected chi connectivity index (χ3v) is 5.33. The zero-order valence-electron chi connectivity index (χ0n) is 11.5. The number of hydrogen-bond donors (Lipinski definition) is 2. The summed E-state index contributed by atoms with van der Waals surface area (Å²) in [5, 5.41) is 9.64. The fourth-order valence-corrected chi connectivity index (χ4v) is 3.98. The standard InChI is InChI=1S/C12H22N4O2S/c1-10(2)13-7-11-5-3-4-6-16(11)19(17,18)12-8-14-15-9-12/h8-11,13H,3-7H2,1-2H3,(H,14,15). The highest BCUT2D eigenvalue weighted by Crippen LogP contribution is 2.24. The van der Waals surface area contributed by atoms with Crippen molar-refractivity contribution in [2.24, 2.45) is 0 Å². The fourth-order valence-electron chi connectivity index (χ4n) is 2.38. The van der Waals surface area contributed by atoms with E-state index in [-0.39, 0.29) is 10.9 Å². The van der Waals surface area contributed by atoms with Crippen LogP contribution in [0.4, 0.5) is 0 Å². The summed E-state index contributed by atoms with van der Waals surface area (Å²) in [5.74, 6) is 0. The van der Waals surface area contributed by atoms with E-state index in [1.165, 1.54) is 12.4 Å². The first-order chi connectivity index (χ1) is 9.01. The van der Waals surface area contributed by atoms with E-state index in [4.69, 9.17) is 0 Å². The lowest BCUT2D eigenvalue weighted by Crippen LogP contribution is -2.49. The summed E-state index contributed by atoms with van der Waals surface area (Å²) in [4.78, 5) is 0.254. The van der Waals surface area contributed by atoms with Gasteiger partial charge in [-0.15, -0.1) is 0 Å². The number of H-pyrrole nitrogens is 1. The first-order valence-corrected chi connectivity index (χ1v) is 8.20. The fraction of sp³-hybridized carbons (Fsp3) is 0.750. The van der Waals surface area contributed by atoms with Crippen molar-refractivity contribution in [2.75, 3.05) is 13.1 Å². The molecule has 1 atom stereocenters. The van der Waals surface area contributed by atoms with Gasteiger partial charge in [0.05, 0.1) is 6.20 Å². The van der Waals surface area contributed by atoms with Gasteiger partial charge in [0.15, 0.2) is 0 Å². The minimum atomic E-state index is -3.42. The second kappa shape index (κ2) is 6.02. The highest BCUT2D eigenvalue weighted by atomic mass is 32.2. The van der Waals surface area contributed by atoms with Gasteiger partial charge in [-0.1, -0.05) is 20.3 Å². The Morgan fingerprint density at radius 1 is 1.53 bits per heavy atom. The van der Waals surface area contributed by atoms with E-state index in [2.05, 4.69) is 29.4 Å². The Morgan fingerprint density at radius 3 is 2.95 bits per heavy atom. The van der Waals surface area contributed by atoms with Crippen LogP contribution < -0.4 is 5.32 Å². The molecule has 19 heavy (non-hydrogen) atoms. The predicted molar refractivity (Wildman–Crippen MR) is 73.3 cm³/mol. The minimum Gasteiger partial charge on any atom is -0.313 e. The molecule has 0 spiro atoms. The molecule has 2 heterocycles. The summed E-state index contributed by atoms with van der Waals surface area (Å²) in [6.07, 6.45) is 5.74. The van der Waals surface area contributed by atoms with Crippen molar-refractivity contribution in [1.82, 2.24) is 19.8 Å². The average Bonchev–Trinajstić information content (AvgIpc) is 2.91. The smallest absolute Gasteiger partial charge is 0.246 e. The van der Waals surface area contributed by atoms with Crippen LogP contribution in [0.2, 0.25) is 0 Å². The van der Waals surface area contributed by atoms with E-state index in [0.29, 0.717) is 19.1 Å². The van der Waals surface area contributed by atoms with Gasteiger partial charge in [-0.25, -0.2) is 8.42 Å². The number of nitrogens with one attached hydrogen (secondary N) is 2. The third kappa shape index (κ3) is 3.34. The van der Waals surface area contributed by atoms with Crippen molar-refractivity contribution in [3.63, 3.8) is 0 Å². The number of nitrogens with zero attached hydrogens (tertiary/aromatic N) is 2. The van der Waals surface area contributed by atoms with Gasteiger partial charge in [0.1, 0.15) is 4.90 Å². The molecule has 7 heteroatoms. The van der Waals surface area contributed by atoms with Crippen molar-refractivity contribution in [1.29, 1.82) is 0 Å². The highest BCUT2D eigenvalue weighted by molar-refractivity contribution is 7.89. The summed E-state index contributed by atoms with van der Waals surface area (Å²) in [6, 6.07) is 0.399. The Morgan fingerprint density at radius 2 is 2.32 bits per heavy atom. The van der Waals surface area contributed by atoms with Gasteiger partial charge < -0.3 is 5.32 Å². The van der Waals surface area contributed by atoms with Gasteiger partial charge in [0, 0.05) is 31.4 Å². The van der Waals surface area contributed by atoms with Gasteiger partial charge in [-0.3, -0.25) is 5.10 Å². The Balaban J connectivity index is 2.15. The molecule has 6 nitrogen and oxygen atoms in total. The quantitative estimate of drug-likeness (QED) is 0.845. The third-order valence-electron chi connectivity index (χ3n) is 3.41. The maximum absolute atomic E-state index is 12.5. The van der Waals surface area contributed by atoms with E-state index in [9.17, 15) is 8.42 Å². The maximum Gasteiger partial charge on any atom is 0.246 e. The van der Waals surface area contributed by atoms with Gasteiger partial charge >= 0.3 is 0 Å². The Kier molecular flexibility index (Phi) is 4.59. The minimum absolute atomic E-state index is 0.0380. The SMILES string of the molecule is CC(C)NCC1CCCCN1S(=O)(=O)c1cn[nH]c1. The van der Waals surface area contributed by atoms with Crippen LogP contribution in [-0.2, 0) is 10.0 Å². The highest BCUT2D eigenvalue weighted by Gasteiger charge is 2.33. The molecule has 1 aromatic rings. The van der Waals surface area contributed by atoms with Crippen LogP contribution in [0, 0.1) is 0 Å². The lowest BCUT2D eigenvalue weighted by Gasteiger charge is -2.34. The molecule has 0 aliphatic carbocycles. The van der Waals surface area contributed by atoms with Crippen molar-refractivity contribution in [3.05, 3.63) is 12.4 Å². The Labute approximate surface area is 114 Å². The molecule has 1 aliphatic heterocycles. The lowest BCUT2D eigenvalue weighted by atomic mass is 10.0. The largest absolute Gasteiger partial charge is 0.313 e. The molecule has 1 aromatic heterocycles. The van der Waals surface area contributed by atoms with Crippen molar-refractivity contribution < 1.29 is 8.42 Å². The van der Waals surface area contributed by atoms with Gasteiger partial charge in [-0.05, 0) is 12.8 Å². The molecule has 1 aliphatic rings. The predicted octanol–water partition coefficient (Wildman–Crippen LogP) is 0.951. The van der Waals surface area contributed by atoms with Crippen LogP contribution in [-0.4, -0.2) is 48.1 Å². The Bertz CT molecular complexity index is 484. The normalized spacial score (nSPS) is 21.9. The number of aromatic amines is 1. The molecule has 2 N–H and O–H groups in total. The van der Waals surface area contributed by atoms with E-state index < -0.39 is 10.0 Å². The van der Waals surface area contributed by atoms with E-state index in [1.54, 1.807) is 4.31 Å². The monoisotopic (exact) mass is 286 g/mol. The molecule has 0 bridgehead atoms. The van der Waals surface area contributed by atoms with Crippen LogP contribution in [0.5, 0.6) is 0 Å². The first-order valence-electron chi connectivity index (χ1n) is 6.76. The van der Waals surface area contributed by atoms with Crippen molar-refractivity contribution in [2.45, 2.75) is 50.1 Å². The molecule has 2 rings (SSSR count). The molecular weight excluding hydrogens is 264 g/mol. The van der Waals surface area contributed by atoms with E-state index in [1.807, 2.05) is 0 Å². The lowest BCUT2D eigenvalue weighted by molar-refractivity contribution is 0.242. The maximum atomic E-state index is 12.5. The van der Waals surface area contributed by atoms with Crippen molar-refractivity contribution >= 4 is 10.0 Å². The summed E-state index contributed by atoms with van der Waals surface area (Å²) in [5.41, 5.74) is 0. The van der Waals surface area contributed by atoms with Crippen LogP contribution in [0.25, 0.3) is 0 Å². The topological polar surface area (TPSA) is 78.1 Å². The summed E-state index contributed by atoms with van der Waals surface area (Å²) < 4.78 is 26.7. The first kappa shape index (κ1) is 14.5. The average molecular weight is 286 g/mol. The van der Waals surface area contributed by atoms with Crippen LogP contribution in [0.3, 0.4) is 0 Å².